The minimum atomic E-state index is 0.403. The number of hydrogen-bond acceptors (Lipinski definition) is 2. The van der Waals surface area contributed by atoms with Crippen molar-refractivity contribution in [2.45, 2.75) is 13.2 Å². The minimum absolute atomic E-state index is 0.403. The third-order valence-electron chi connectivity index (χ3n) is 2.75. The summed E-state index contributed by atoms with van der Waals surface area (Å²) in [5.74, 6) is 0.855. The number of ether oxygens (including phenoxy) is 1. The summed E-state index contributed by atoms with van der Waals surface area (Å²) in [6, 6.07) is 13.5. The molecule has 0 aliphatic carbocycles. The third-order valence-corrected chi connectivity index (χ3v) is 3.61. The zero-order chi connectivity index (χ0) is 13.7. The van der Waals surface area contributed by atoms with Crippen molar-refractivity contribution in [1.29, 1.82) is 0 Å². The molecule has 0 saturated heterocycles. The van der Waals surface area contributed by atoms with E-state index in [2.05, 4.69) is 5.32 Å². The molecule has 0 unspecified atom stereocenters. The van der Waals surface area contributed by atoms with Crippen LogP contribution in [-0.4, -0.2) is 7.05 Å². The lowest BCUT2D eigenvalue weighted by atomic mass is 10.2. The summed E-state index contributed by atoms with van der Waals surface area (Å²) in [6.07, 6.45) is 0. The van der Waals surface area contributed by atoms with Crippen molar-refractivity contribution in [3.8, 4) is 5.75 Å². The normalized spacial score (nSPS) is 10.5. The molecule has 0 aromatic heterocycles. The Labute approximate surface area is 123 Å². The average Bonchev–Trinajstić information content (AvgIpc) is 2.42. The molecule has 100 valence electrons. The van der Waals surface area contributed by atoms with Crippen molar-refractivity contribution in [3.05, 3.63) is 63.6 Å². The highest BCUT2D eigenvalue weighted by Gasteiger charge is 2.07. The molecule has 2 nitrogen and oxygen atoms in total. The molecule has 0 atom stereocenters. The van der Waals surface area contributed by atoms with Gasteiger partial charge in [0.15, 0.2) is 0 Å². The van der Waals surface area contributed by atoms with Crippen LogP contribution in [0.5, 0.6) is 5.75 Å². The van der Waals surface area contributed by atoms with E-state index in [0.717, 1.165) is 23.4 Å². The van der Waals surface area contributed by atoms with E-state index in [0.29, 0.717) is 16.7 Å². The van der Waals surface area contributed by atoms with Gasteiger partial charge in [0.25, 0.3) is 0 Å². The number of halogens is 2. The maximum atomic E-state index is 6.14. The lowest BCUT2D eigenvalue weighted by Crippen LogP contribution is -2.07. The fraction of sp³-hybridized carbons (Fsp3) is 0.200. The van der Waals surface area contributed by atoms with Crippen molar-refractivity contribution < 1.29 is 4.74 Å². The SMILES string of the molecule is CNCc1ccccc1OCc1cccc(Cl)c1Cl. The van der Waals surface area contributed by atoms with E-state index in [9.17, 15) is 0 Å². The van der Waals surface area contributed by atoms with E-state index in [1.54, 1.807) is 6.07 Å². The Morgan fingerprint density at radius 3 is 2.53 bits per heavy atom. The second-order valence-electron chi connectivity index (χ2n) is 4.14. The van der Waals surface area contributed by atoms with Gasteiger partial charge in [-0.15, -0.1) is 0 Å². The zero-order valence-corrected chi connectivity index (χ0v) is 12.1. The molecule has 2 rings (SSSR count). The Kier molecular flexibility index (Phi) is 5.08. The molecule has 1 N–H and O–H groups in total. The van der Waals surface area contributed by atoms with Gasteiger partial charge >= 0.3 is 0 Å². The smallest absolute Gasteiger partial charge is 0.124 e. The van der Waals surface area contributed by atoms with Gasteiger partial charge in [-0.3, -0.25) is 0 Å². The average molecular weight is 296 g/mol. The molecule has 0 aliphatic rings. The second kappa shape index (κ2) is 6.80. The van der Waals surface area contributed by atoms with Crippen LogP contribution in [0.15, 0.2) is 42.5 Å². The molecular formula is C15H15Cl2NO. The molecule has 0 saturated carbocycles. The van der Waals surface area contributed by atoms with Crippen molar-refractivity contribution in [3.63, 3.8) is 0 Å². The highest BCUT2D eigenvalue weighted by molar-refractivity contribution is 6.42. The van der Waals surface area contributed by atoms with Crippen LogP contribution in [0, 0.1) is 0 Å². The van der Waals surface area contributed by atoms with Crippen LogP contribution in [0.2, 0.25) is 10.0 Å². The number of para-hydroxylation sites is 1. The molecule has 0 spiro atoms. The van der Waals surface area contributed by atoms with Crippen molar-refractivity contribution in [1.82, 2.24) is 5.32 Å². The largest absolute Gasteiger partial charge is 0.489 e. The molecule has 2 aromatic carbocycles. The maximum absolute atomic E-state index is 6.14. The Hall–Kier alpha value is -1.22. The van der Waals surface area contributed by atoms with Gasteiger partial charge in [0.2, 0.25) is 0 Å². The first kappa shape index (κ1) is 14.2. The number of nitrogens with one attached hydrogen (secondary N) is 1. The van der Waals surface area contributed by atoms with E-state index in [4.69, 9.17) is 27.9 Å². The third kappa shape index (κ3) is 3.63. The maximum Gasteiger partial charge on any atom is 0.124 e. The second-order valence-corrected chi connectivity index (χ2v) is 4.92. The predicted molar refractivity (Wildman–Crippen MR) is 80.0 cm³/mol. The number of hydrogen-bond donors (Lipinski definition) is 1. The quantitative estimate of drug-likeness (QED) is 0.888. The fourth-order valence-corrected chi connectivity index (χ4v) is 2.17. The first-order valence-electron chi connectivity index (χ1n) is 6.00. The summed E-state index contributed by atoms with van der Waals surface area (Å²) in [5, 5.41) is 4.21. The summed E-state index contributed by atoms with van der Waals surface area (Å²) < 4.78 is 5.83. The molecule has 0 bridgehead atoms. The van der Waals surface area contributed by atoms with Gasteiger partial charge in [-0.1, -0.05) is 53.5 Å². The molecule has 19 heavy (non-hydrogen) atoms. The van der Waals surface area contributed by atoms with Gasteiger partial charge in [-0.25, -0.2) is 0 Å². The fourth-order valence-electron chi connectivity index (χ4n) is 1.80. The van der Waals surface area contributed by atoms with Crippen molar-refractivity contribution >= 4 is 23.2 Å². The minimum Gasteiger partial charge on any atom is -0.489 e. The first-order valence-corrected chi connectivity index (χ1v) is 6.76. The first-order chi connectivity index (χ1) is 9.22. The zero-order valence-electron chi connectivity index (χ0n) is 10.6. The van der Waals surface area contributed by atoms with E-state index in [1.165, 1.54) is 0 Å². The lowest BCUT2D eigenvalue weighted by molar-refractivity contribution is 0.302. The summed E-state index contributed by atoms with van der Waals surface area (Å²) in [7, 11) is 1.91. The van der Waals surface area contributed by atoms with Crippen molar-refractivity contribution in [2.75, 3.05) is 7.05 Å². The van der Waals surface area contributed by atoms with E-state index in [1.807, 2.05) is 43.4 Å². The van der Waals surface area contributed by atoms with Crippen LogP contribution < -0.4 is 10.1 Å². The van der Waals surface area contributed by atoms with E-state index in [-0.39, 0.29) is 0 Å². The Bertz CT molecular complexity index is 558. The predicted octanol–water partition coefficient (Wildman–Crippen LogP) is 4.29. The molecule has 0 radical (unpaired) electrons. The Morgan fingerprint density at radius 2 is 1.74 bits per heavy atom. The van der Waals surface area contributed by atoms with Crippen LogP contribution in [0.25, 0.3) is 0 Å². The molecule has 0 heterocycles. The van der Waals surface area contributed by atoms with Crippen LogP contribution in [0.3, 0.4) is 0 Å². The molecule has 0 aliphatic heterocycles. The highest BCUT2D eigenvalue weighted by Crippen LogP contribution is 2.27. The van der Waals surface area contributed by atoms with Crippen molar-refractivity contribution in [2.24, 2.45) is 0 Å². The van der Waals surface area contributed by atoms with Gasteiger partial charge in [0, 0.05) is 17.7 Å². The van der Waals surface area contributed by atoms with Gasteiger partial charge in [0.05, 0.1) is 10.0 Å². The van der Waals surface area contributed by atoms with Gasteiger partial charge in [-0.2, -0.15) is 0 Å². The van der Waals surface area contributed by atoms with Gasteiger partial charge < -0.3 is 10.1 Å². The summed E-state index contributed by atoms with van der Waals surface area (Å²) >= 11 is 12.1. The number of benzene rings is 2. The standard InChI is InChI=1S/C15H15Cl2NO/c1-18-9-11-5-2-3-8-14(11)19-10-12-6-4-7-13(16)15(12)17/h2-8,18H,9-10H2,1H3. The molecule has 0 amide bonds. The van der Waals surface area contributed by atoms with E-state index < -0.39 is 0 Å². The van der Waals surface area contributed by atoms with Crippen LogP contribution in [-0.2, 0) is 13.2 Å². The number of rotatable bonds is 5. The van der Waals surface area contributed by atoms with Crippen LogP contribution in [0.4, 0.5) is 0 Å². The topological polar surface area (TPSA) is 21.3 Å². The Balaban J connectivity index is 2.12. The lowest BCUT2D eigenvalue weighted by Gasteiger charge is -2.12. The van der Waals surface area contributed by atoms with Crippen LogP contribution >= 0.6 is 23.2 Å². The Morgan fingerprint density at radius 1 is 1.00 bits per heavy atom. The van der Waals surface area contributed by atoms with Gasteiger partial charge in [-0.05, 0) is 19.2 Å². The van der Waals surface area contributed by atoms with Gasteiger partial charge in [0.1, 0.15) is 12.4 Å². The molecule has 4 heteroatoms. The monoisotopic (exact) mass is 295 g/mol. The van der Waals surface area contributed by atoms with E-state index >= 15 is 0 Å². The summed E-state index contributed by atoms with van der Waals surface area (Å²) in [4.78, 5) is 0. The highest BCUT2D eigenvalue weighted by atomic mass is 35.5. The molecule has 2 aromatic rings. The molecular weight excluding hydrogens is 281 g/mol. The molecule has 0 fully saturated rings. The van der Waals surface area contributed by atoms with Crippen LogP contribution in [0.1, 0.15) is 11.1 Å². The summed E-state index contributed by atoms with van der Waals surface area (Å²) in [6.45, 7) is 1.17. The summed E-state index contributed by atoms with van der Waals surface area (Å²) in [5.41, 5.74) is 2.00.